The predicted molar refractivity (Wildman–Crippen MR) is 117 cm³/mol. The zero-order valence-corrected chi connectivity index (χ0v) is 17.0. The first-order chi connectivity index (χ1) is 13.4. The quantitative estimate of drug-likeness (QED) is 0.506. The summed E-state index contributed by atoms with van der Waals surface area (Å²) in [6.07, 6.45) is 4.61. The molecule has 1 unspecified atom stereocenters. The third-order valence-electron chi connectivity index (χ3n) is 4.44. The molecule has 1 atom stereocenters. The standard InChI is InChI=1S/C25H29NO2/c1-4-5-17-25(3,28)18-9-12-22(21-10-7-6-8-11-21)19-24(27)26-23-15-13-20(2)14-16-23/h6-8,10-11,13-16,19,28H,4-5,17-18H2,1-3H3,(H,26,27)/b22-19+. The number of anilines is 1. The van der Waals surface area contributed by atoms with Gasteiger partial charge >= 0.3 is 0 Å². The summed E-state index contributed by atoms with van der Waals surface area (Å²) in [4.78, 5) is 12.5. The van der Waals surface area contributed by atoms with Crippen LogP contribution in [-0.2, 0) is 4.79 Å². The zero-order valence-electron chi connectivity index (χ0n) is 17.0. The van der Waals surface area contributed by atoms with Gasteiger partial charge in [-0.1, -0.05) is 79.6 Å². The Kier molecular flexibility index (Phi) is 8.04. The maximum Gasteiger partial charge on any atom is 0.249 e. The first kappa shape index (κ1) is 21.5. The molecule has 146 valence electrons. The summed E-state index contributed by atoms with van der Waals surface area (Å²) >= 11 is 0. The Bertz CT molecular complexity index is 853. The number of amides is 1. The van der Waals surface area contributed by atoms with E-state index < -0.39 is 5.60 Å². The van der Waals surface area contributed by atoms with E-state index in [1.807, 2.05) is 68.4 Å². The molecule has 0 aliphatic carbocycles. The summed E-state index contributed by atoms with van der Waals surface area (Å²) in [5.41, 5.74) is 2.59. The lowest BCUT2D eigenvalue weighted by molar-refractivity contribution is -0.111. The number of carbonyl (C=O) groups excluding carboxylic acids is 1. The maximum atomic E-state index is 12.5. The fraction of sp³-hybridized carbons (Fsp3) is 0.320. The van der Waals surface area contributed by atoms with Gasteiger partial charge in [0, 0.05) is 23.8 Å². The number of unbranched alkanes of at least 4 members (excludes halogenated alkanes) is 1. The van der Waals surface area contributed by atoms with Crippen LogP contribution in [0, 0.1) is 18.8 Å². The van der Waals surface area contributed by atoms with E-state index >= 15 is 0 Å². The Morgan fingerprint density at radius 3 is 2.46 bits per heavy atom. The molecule has 0 heterocycles. The number of carbonyl (C=O) groups is 1. The van der Waals surface area contributed by atoms with Gasteiger partial charge in [-0.2, -0.15) is 0 Å². The van der Waals surface area contributed by atoms with Crippen molar-refractivity contribution in [2.45, 2.75) is 52.1 Å². The summed E-state index contributed by atoms with van der Waals surface area (Å²) < 4.78 is 0. The highest BCUT2D eigenvalue weighted by molar-refractivity contribution is 6.06. The van der Waals surface area contributed by atoms with Crippen molar-refractivity contribution >= 4 is 17.2 Å². The average Bonchev–Trinajstić information content (AvgIpc) is 2.68. The number of hydrogen-bond acceptors (Lipinski definition) is 2. The molecule has 0 fully saturated rings. The molecule has 3 heteroatoms. The van der Waals surface area contributed by atoms with E-state index in [-0.39, 0.29) is 5.91 Å². The van der Waals surface area contributed by atoms with E-state index in [0.717, 1.165) is 36.1 Å². The van der Waals surface area contributed by atoms with E-state index in [0.29, 0.717) is 12.0 Å². The smallest absolute Gasteiger partial charge is 0.249 e. The van der Waals surface area contributed by atoms with E-state index in [1.54, 1.807) is 0 Å². The molecule has 0 saturated heterocycles. The van der Waals surface area contributed by atoms with Crippen LogP contribution in [0.25, 0.3) is 5.57 Å². The fourth-order valence-electron chi connectivity index (χ4n) is 2.73. The first-order valence-corrected chi connectivity index (χ1v) is 9.75. The van der Waals surface area contributed by atoms with Crippen molar-refractivity contribution in [3.63, 3.8) is 0 Å². The minimum Gasteiger partial charge on any atom is -0.389 e. The predicted octanol–water partition coefficient (Wildman–Crippen LogP) is 5.35. The molecule has 2 aromatic carbocycles. The van der Waals surface area contributed by atoms with Crippen LogP contribution in [0.4, 0.5) is 5.69 Å². The third kappa shape index (κ3) is 7.42. The van der Waals surface area contributed by atoms with Gasteiger partial charge in [0.2, 0.25) is 5.91 Å². The van der Waals surface area contributed by atoms with Gasteiger partial charge in [-0.3, -0.25) is 4.79 Å². The Morgan fingerprint density at radius 1 is 1.14 bits per heavy atom. The third-order valence-corrected chi connectivity index (χ3v) is 4.44. The molecular weight excluding hydrogens is 346 g/mol. The lowest BCUT2D eigenvalue weighted by Gasteiger charge is -2.19. The minimum absolute atomic E-state index is 0.227. The highest BCUT2D eigenvalue weighted by atomic mass is 16.3. The average molecular weight is 376 g/mol. The number of aryl methyl sites for hydroxylation is 1. The summed E-state index contributed by atoms with van der Waals surface area (Å²) in [6.45, 7) is 5.92. The maximum absolute atomic E-state index is 12.5. The summed E-state index contributed by atoms with van der Waals surface area (Å²) in [5.74, 6) is 5.92. The molecule has 28 heavy (non-hydrogen) atoms. The van der Waals surface area contributed by atoms with Crippen molar-refractivity contribution in [3.8, 4) is 11.8 Å². The van der Waals surface area contributed by atoms with Crippen LogP contribution in [0.1, 0.15) is 50.7 Å². The second-order valence-corrected chi connectivity index (χ2v) is 7.36. The van der Waals surface area contributed by atoms with Crippen LogP contribution >= 0.6 is 0 Å². The first-order valence-electron chi connectivity index (χ1n) is 9.75. The van der Waals surface area contributed by atoms with Crippen molar-refractivity contribution in [1.82, 2.24) is 0 Å². The second-order valence-electron chi connectivity index (χ2n) is 7.36. The Morgan fingerprint density at radius 2 is 1.82 bits per heavy atom. The van der Waals surface area contributed by atoms with Crippen LogP contribution in [0.2, 0.25) is 0 Å². The second kappa shape index (κ2) is 10.5. The van der Waals surface area contributed by atoms with Crippen LogP contribution in [0.3, 0.4) is 0 Å². The molecule has 3 nitrogen and oxygen atoms in total. The molecule has 0 radical (unpaired) electrons. The van der Waals surface area contributed by atoms with Gasteiger partial charge in [0.25, 0.3) is 0 Å². The minimum atomic E-state index is -0.811. The van der Waals surface area contributed by atoms with Crippen molar-refractivity contribution in [2.24, 2.45) is 0 Å². The Hall–Kier alpha value is -2.83. The van der Waals surface area contributed by atoms with Gasteiger partial charge in [0.05, 0.1) is 5.60 Å². The van der Waals surface area contributed by atoms with Crippen LogP contribution < -0.4 is 5.32 Å². The lowest BCUT2D eigenvalue weighted by atomic mass is 9.95. The highest BCUT2D eigenvalue weighted by Gasteiger charge is 2.17. The van der Waals surface area contributed by atoms with Gasteiger partial charge in [-0.05, 0) is 38.0 Å². The van der Waals surface area contributed by atoms with Crippen molar-refractivity contribution in [1.29, 1.82) is 0 Å². The Balaban J connectivity index is 2.18. The SMILES string of the molecule is CCCCC(C)(O)CC#C/C(=C\C(=O)Nc1ccc(C)cc1)c1ccccc1. The molecular formula is C25H29NO2. The van der Waals surface area contributed by atoms with Gasteiger partial charge in [-0.15, -0.1) is 0 Å². The van der Waals surface area contributed by atoms with Gasteiger partial charge in [-0.25, -0.2) is 0 Å². The van der Waals surface area contributed by atoms with Gasteiger partial charge < -0.3 is 10.4 Å². The Labute approximate surface area is 168 Å². The van der Waals surface area contributed by atoms with Crippen LogP contribution in [0.5, 0.6) is 0 Å². The van der Waals surface area contributed by atoms with Crippen molar-refractivity contribution < 1.29 is 9.90 Å². The lowest BCUT2D eigenvalue weighted by Crippen LogP contribution is -2.22. The zero-order chi connectivity index (χ0) is 20.4. The normalized spacial score (nSPS) is 13.2. The molecule has 2 aromatic rings. The largest absolute Gasteiger partial charge is 0.389 e. The molecule has 1 amide bonds. The monoisotopic (exact) mass is 375 g/mol. The summed E-state index contributed by atoms with van der Waals surface area (Å²) in [7, 11) is 0. The number of hydrogen-bond donors (Lipinski definition) is 2. The van der Waals surface area contributed by atoms with E-state index in [2.05, 4.69) is 24.1 Å². The molecule has 0 spiro atoms. The topological polar surface area (TPSA) is 49.3 Å². The fourth-order valence-corrected chi connectivity index (χ4v) is 2.73. The number of rotatable bonds is 7. The number of allylic oxidation sites excluding steroid dienone is 1. The van der Waals surface area contributed by atoms with Gasteiger partial charge in [0.15, 0.2) is 0 Å². The van der Waals surface area contributed by atoms with Gasteiger partial charge in [0.1, 0.15) is 0 Å². The molecule has 2 rings (SSSR count). The number of aliphatic hydroxyl groups is 1. The molecule has 2 N–H and O–H groups in total. The van der Waals surface area contributed by atoms with Crippen LogP contribution in [-0.4, -0.2) is 16.6 Å². The van der Waals surface area contributed by atoms with E-state index in [1.165, 1.54) is 6.08 Å². The highest BCUT2D eigenvalue weighted by Crippen LogP contribution is 2.18. The van der Waals surface area contributed by atoms with E-state index in [4.69, 9.17) is 0 Å². The molecule has 0 aliphatic heterocycles. The number of nitrogens with one attached hydrogen (secondary N) is 1. The molecule has 0 aliphatic rings. The molecule has 0 bridgehead atoms. The van der Waals surface area contributed by atoms with Crippen molar-refractivity contribution in [3.05, 3.63) is 71.8 Å². The van der Waals surface area contributed by atoms with Crippen molar-refractivity contribution in [2.75, 3.05) is 5.32 Å². The summed E-state index contributed by atoms with van der Waals surface area (Å²) in [6, 6.07) is 17.3. The van der Waals surface area contributed by atoms with E-state index in [9.17, 15) is 9.90 Å². The molecule has 0 saturated carbocycles. The van der Waals surface area contributed by atoms with Crippen LogP contribution in [0.15, 0.2) is 60.7 Å². The molecule has 0 aromatic heterocycles. The number of benzene rings is 2. The summed E-state index contributed by atoms with van der Waals surface area (Å²) in [5, 5.41) is 13.3.